The van der Waals surface area contributed by atoms with Crippen molar-refractivity contribution in [3.8, 4) is 23.3 Å². The van der Waals surface area contributed by atoms with Gasteiger partial charge >= 0.3 is 5.97 Å². The van der Waals surface area contributed by atoms with Crippen LogP contribution in [0.25, 0.3) is 5.69 Å². The second-order valence-corrected chi connectivity index (χ2v) is 6.94. The zero-order valence-electron chi connectivity index (χ0n) is 18.7. The molecular weight excluding hydrogens is 410 g/mol. The lowest BCUT2D eigenvalue weighted by Crippen LogP contribution is -2.25. The third kappa shape index (κ3) is 4.28. The number of hydrogen-bond acceptors (Lipinski definition) is 7. The Morgan fingerprint density at radius 3 is 2.22 bits per heavy atom. The number of carbonyl (C=O) groups excluding carboxylic acids is 1. The van der Waals surface area contributed by atoms with Crippen LogP contribution in [0.3, 0.4) is 0 Å². The standard InChI is InChI=1S/C24H27N3O5/c1-5-29-18-12-16(13-19(30-6-2)22(18)27-10-8-9-11-27)21-17(14-25)23(26)32-15(4)20(21)24(28)31-7-3/h8-13,21H,5-7,26H2,1-4H3. The van der Waals surface area contributed by atoms with E-state index in [-0.39, 0.29) is 29.4 Å². The third-order valence-electron chi connectivity index (χ3n) is 4.96. The van der Waals surface area contributed by atoms with Crippen molar-refractivity contribution in [1.29, 1.82) is 5.26 Å². The SMILES string of the molecule is CCOC(=O)C1=C(C)OC(N)=C(C#N)C1c1cc(OCC)c(-n2cccc2)c(OCC)c1. The van der Waals surface area contributed by atoms with Gasteiger partial charge in [0.05, 0.1) is 31.3 Å². The predicted molar refractivity (Wildman–Crippen MR) is 118 cm³/mol. The van der Waals surface area contributed by atoms with Crippen molar-refractivity contribution in [3.05, 3.63) is 65.0 Å². The first-order chi connectivity index (χ1) is 15.5. The van der Waals surface area contributed by atoms with Gasteiger partial charge in [-0.15, -0.1) is 0 Å². The monoisotopic (exact) mass is 437 g/mol. The van der Waals surface area contributed by atoms with Gasteiger partial charge in [0.1, 0.15) is 34.6 Å². The van der Waals surface area contributed by atoms with Crippen LogP contribution in [-0.2, 0) is 14.3 Å². The molecule has 0 radical (unpaired) electrons. The zero-order valence-corrected chi connectivity index (χ0v) is 18.7. The lowest BCUT2D eigenvalue weighted by atomic mass is 9.82. The molecule has 168 valence electrons. The minimum absolute atomic E-state index is 0.0477. The van der Waals surface area contributed by atoms with Gasteiger partial charge in [-0.1, -0.05) is 0 Å². The second-order valence-electron chi connectivity index (χ2n) is 6.94. The molecular formula is C24H27N3O5. The normalized spacial score (nSPS) is 15.8. The first kappa shape index (κ1) is 22.8. The average molecular weight is 437 g/mol. The molecule has 2 heterocycles. The maximum atomic E-state index is 12.8. The second kappa shape index (κ2) is 9.96. The van der Waals surface area contributed by atoms with Crippen molar-refractivity contribution >= 4 is 5.97 Å². The van der Waals surface area contributed by atoms with Gasteiger partial charge in [0, 0.05) is 12.4 Å². The fourth-order valence-corrected chi connectivity index (χ4v) is 3.73. The number of aromatic nitrogens is 1. The summed E-state index contributed by atoms with van der Waals surface area (Å²) in [7, 11) is 0. The highest BCUT2D eigenvalue weighted by molar-refractivity contribution is 5.92. The van der Waals surface area contributed by atoms with E-state index >= 15 is 0 Å². The summed E-state index contributed by atoms with van der Waals surface area (Å²) >= 11 is 0. The van der Waals surface area contributed by atoms with E-state index in [0.717, 1.165) is 5.69 Å². The molecule has 1 unspecified atom stereocenters. The Morgan fingerprint density at radius 2 is 1.72 bits per heavy atom. The van der Waals surface area contributed by atoms with Gasteiger partial charge in [0.15, 0.2) is 0 Å². The molecule has 0 amide bonds. The Morgan fingerprint density at radius 1 is 1.12 bits per heavy atom. The van der Waals surface area contributed by atoms with Crippen LogP contribution >= 0.6 is 0 Å². The topological polar surface area (TPSA) is 109 Å². The molecule has 8 heteroatoms. The number of allylic oxidation sites excluding steroid dienone is 2. The van der Waals surface area contributed by atoms with Crippen molar-refractivity contribution in [1.82, 2.24) is 4.57 Å². The van der Waals surface area contributed by atoms with Gasteiger partial charge in [-0.2, -0.15) is 5.26 Å². The molecule has 1 aliphatic heterocycles. The van der Waals surface area contributed by atoms with Crippen molar-refractivity contribution in [2.45, 2.75) is 33.6 Å². The van der Waals surface area contributed by atoms with Crippen LogP contribution in [0.15, 0.2) is 59.4 Å². The number of nitrogens with zero attached hydrogens (tertiary/aromatic N) is 2. The maximum Gasteiger partial charge on any atom is 0.338 e. The molecule has 2 aromatic rings. The van der Waals surface area contributed by atoms with Gasteiger partial charge in [-0.05, 0) is 57.5 Å². The summed E-state index contributed by atoms with van der Waals surface area (Å²) in [5.41, 5.74) is 7.70. The summed E-state index contributed by atoms with van der Waals surface area (Å²) in [5.74, 6) is -0.0184. The Balaban J connectivity index is 2.28. The van der Waals surface area contributed by atoms with Gasteiger partial charge in [0.25, 0.3) is 0 Å². The number of nitriles is 1. The quantitative estimate of drug-likeness (QED) is 0.624. The van der Waals surface area contributed by atoms with Gasteiger partial charge in [-0.25, -0.2) is 4.79 Å². The Hall–Kier alpha value is -3.86. The fourth-order valence-electron chi connectivity index (χ4n) is 3.73. The fraction of sp³-hybridized carbons (Fsp3) is 0.333. The number of rotatable bonds is 8. The number of hydrogen-bond donors (Lipinski definition) is 1. The van der Waals surface area contributed by atoms with Crippen molar-refractivity contribution < 1.29 is 23.7 Å². The van der Waals surface area contributed by atoms with Crippen LogP contribution in [0.4, 0.5) is 0 Å². The highest BCUT2D eigenvalue weighted by Crippen LogP contribution is 2.44. The molecule has 0 spiro atoms. The largest absolute Gasteiger partial charge is 0.492 e. The molecule has 0 bridgehead atoms. The van der Waals surface area contributed by atoms with Crippen LogP contribution in [0.5, 0.6) is 11.5 Å². The number of nitrogens with two attached hydrogens (primary N) is 1. The van der Waals surface area contributed by atoms with Gasteiger partial charge in [0.2, 0.25) is 5.88 Å². The minimum atomic E-state index is -0.787. The van der Waals surface area contributed by atoms with E-state index in [2.05, 4.69) is 6.07 Å². The molecule has 8 nitrogen and oxygen atoms in total. The predicted octanol–water partition coefficient (Wildman–Crippen LogP) is 3.92. The van der Waals surface area contributed by atoms with E-state index in [4.69, 9.17) is 24.7 Å². The summed E-state index contributed by atoms with van der Waals surface area (Å²) in [6.07, 6.45) is 3.78. The molecule has 1 aromatic heterocycles. The Bertz CT molecular complexity index is 1070. The van der Waals surface area contributed by atoms with Gasteiger partial charge < -0.3 is 29.2 Å². The van der Waals surface area contributed by atoms with Gasteiger partial charge in [-0.3, -0.25) is 0 Å². The van der Waals surface area contributed by atoms with Crippen molar-refractivity contribution in [2.24, 2.45) is 5.73 Å². The van der Waals surface area contributed by atoms with Crippen LogP contribution in [-0.4, -0.2) is 30.4 Å². The van der Waals surface area contributed by atoms with Crippen LogP contribution in [0.2, 0.25) is 0 Å². The molecule has 3 rings (SSSR count). The highest BCUT2D eigenvalue weighted by Gasteiger charge is 2.37. The van der Waals surface area contributed by atoms with Crippen LogP contribution < -0.4 is 15.2 Å². The molecule has 1 atom stereocenters. The zero-order chi connectivity index (χ0) is 23.3. The highest BCUT2D eigenvalue weighted by atomic mass is 16.5. The first-order valence-corrected chi connectivity index (χ1v) is 10.5. The Kier molecular flexibility index (Phi) is 7.11. The lowest BCUT2D eigenvalue weighted by molar-refractivity contribution is -0.139. The average Bonchev–Trinajstić information content (AvgIpc) is 3.28. The molecule has 1 aliphatic rings. The molecule has 0 aliphatic carbocycles. The number of ether oxygens (including phenoxy) is 4. The van der Waals surface area contributed by atoms with E-state index < -0.39 is 11.9 Å². The summed E-state index contributed by atoms with van der Waals surface area (Å²) in [5, 5.41) is 9.85. The number of esters is 1. The van der Waals surface area contributed by atoms with E-state index in [1.807, 2.05) is 42.9 Å². The van der Waals surface area contributed by atoms with E-state index in [9.17, 15) is 10.1 Å². The lowest BCUT2D eigenvalue weighted by Gasteiger charge is -2.28. The molecule has 0 saturated heterocycles. The minimum Gasteiger partial charge on any atom is -0.492 e. The molecule has 32 heavy (non-hydrogen) atoms. The van der Waals surface area contributed by atoms with Crippen LogP contribution in [0.1, 0.15) is 39.2 Å². The Labute approximate surface area is 187 Å². The number of benzene rings is 1. The van der Waals surface area contributed by atoms with E-state index in [1.54, 1.807) is 26.0 Å². The smallest absolute Gasteiger partial charge is 0.338 e. The van der Waals surface area contributed by atoms with E-state index in [0.29, 0.717) is 30.3 Å². The summed E-state index contributed by atoms with van der Waals surface area (Å²) in [6.45, 7) is 8.13. The summed E-state index contributed by atoms with van der Waals surface area (Å²) in [6, 6.07) is 9.50. The molecule has 0 fully saturated rings. The number of carbonyl (C=O) groups is 1. The summed E-state index contributed by atoms with van der Waals surface area (Å²) in [4.78, 5) is 12.8. The maximum absolute atomic E-state index is 12.8. The van der Waals surface area contributed by atoms with Crippen molar-refractivity contribution in [2.75, 3.05) is 19.8 Å². The molecule has 0 saturated carbocycles. The van der Waals surface area contributed by atoms with Crippen molar-refractivity contribution in [3.63, 3.8) is 0 Å². The summed E-state index contributed by atoms with van der Waals surface area (Å²) < 4.78 is 24.6. The molecule has 2 N–H and O–H groups in total. The van der Waals surface area contributed by atoms with Crippen LogP contribution in [0, 0.1) is 11.3 Å². The van der Waals surface area contributed by atoms with E-state index in [1.165, 1.54) is 0 Å². The first-order valence-electron chi connectivity index (χ1n) is 10.5. The third-order valence-corrected chi connectivity index (χ3v) is 4.96. The molecule has 1 aromatic carbocycles.